The van der Waals surface area contributed by atoms with Gasteiger partial charge in [0.1, 0.15) is 5.82 Å². The number of fused-ring (bicyclic) bond motifs is 1. The summed E-state index contributed by atoms with van der Waals surface area (Å²) in [5.74, 6) is 1.62. The molecule has 3 aromatic heterocycles. The molecular weight excluding hydrogens is 258 g/mol. The van der Waals surface area contributed by atoms with Crippen LogP contribution in [-0.2, 0) is 0 Å². The third-order valence-electron chi connectivity index (χ3n) is 2.97. The van der Waals surface area contributed by atoms with Crippen molar-refractivity contribution in [2.45, 2.75) is 26.8 Å². The Balaban J connectivity index is 1.86. The van der Waals surface area contributed by atoms with Crippen molar-refractivity contribution >= 4 is 22.8 Å². The standard InChI is InChI=1S/C13H15N5S/c1-8-4-5-11(19-8)9(2)14-12-6-7-13-16-15-10(3)18(13)17-12/h4-7,9H,1-3H3,(H,14,17)/t9-/m1/s1. The topological polar surface area (TPSA) is 55.1 Å². The van der Waals surface area contributed by atoms with Crippen LogP contribution in [-0.4, -0.2) is 19.8 Å². The molecule has 0 aliphatic rings. The summed E-state index contributed by atoms with van der Waals surface area (Å²) in [5.41, 5.74) is 0.766. The molecule has 0 aliphatic carbocycles. The highest BCUT2D eigenvalue weighted by atomic mass is 32.1. The molecular formula is C13H15N5S. The van der Waals surface area contributed by atoms with E-state index in [1.165, 1.54) is 9.75 Å². The smallest absolute Gasteiger partial charge is 0.178 e. The van der Waals surface area contributed by atoms with Gasteiger partial charge in [-0.2, -0.15) is 4.52 Å². The summed E-state index contributed by atoms with van der Waals surface area (Å²) in [6.07, 6.45) is 0. The third-order valence-corrected chi connectivity index (χ3v) is 4.15. The molecule has 0 spiro atoms. The average Bonchev–Trinajstić information content (AvgIpc) is 2.97. The first-order valence-electron chi connectivity index (χ1n) is 6.15. The first-order chi connectivity index (χ1) is 9.13. The number of hydrogen-bond donors (Lipinski definition) is 1. The lowest BCUT2D eigenvalue weighted by atomic mass is 10.2. The van der Waals surface area contributed by atoms with E-state index in [0.717, 1.165) is 17.3 Å². The monoisotopic (exact) mass is 273 g/mol. The van der Waals surface area contributed by atoms with Crippen LogP contribution in [0, 0.1) is 13.8 Å². The van der Waals surface area contributed by atoms with E-state index in [9.17, 15) is 0 Å². The second kappa shape index (κ2) is 4.62. The molecule has 0 aromatic carbocycles. The maximum atomic E-state index is 4.49. The lowest BCUT2D eigenvalue weighted by Crippen LogP contribution is -2.08. The minimum atomic E-state index is 0.237. The van der Waals surface area contributed by atoms with E-state index >= 15 is 0 Å². The minimum absolute atomic E-state index is 0.237. The van der Waals surface area contributed by atoms with Crippen molar-refractivity contribution in [3.05, 3.63) is 39.8 Å². The highest BCUT2D eigenvalue weighted by Gasteiger charge is 2.09. The normalized spacial score (nSPS) is 12.8. The first-order valence-corrected chi connectivity index (χ1v) is 6.97. The molecule has 0 saturated heterocycles. The highest BCUT2D eigenvalue weighted by Crippen LogP contribution is 2.25. The number of aryl methyl sites for hydroxylation is 2. The molecule has 0 saturated carbocycles. The summed E-state index contributed by atoms with van der Waals surface area (Å²) in [6, 6.07) is 8.38. The van der Waals surface area contributed by atoms with E-state index in [0.29, 0.717) is 0 Å². The van der Waals surface area contributed by atoms with Crippen molar-refractivity contribution < 1.29 is 0 Å². The van der Waals surface area contributed by atoms with Crippen LogP contribution in [0.2, 0.25) is 0 Å². The Morgan fingerprint density at radius 2 is 2.00 bits per heavy atom. The number of anilines is 1. The largest absolute Gasteiger partial charge is 0.361 e. The first kappa shape index (κ1) is 12.1. The summed E-state index contributed by atoms with van der Waals surface area (Å²) in [5, 5.41) is 15.9. The van der Waals surface area contributed by atoms with Gasteiger partial charge >= 0.3 is 0 Å². The lowest BCUT2D eigenvalue weighted by Gasteiger charge is -2.12. The fourth-order valence-corrected chi connectivity index (χ4v) is 2.83. The van der Waals surface area contributed by atoms with Gasteiger partial charge in [-0.25, -0.2) is 0 Å². The number of nitrogens with one attached hydrogen (secondary N) is 1. The molecule has 3 heterocycles. The highest BCUT2D eigenvalue weighted by molar-refractivity contribution is 7.12. The zero-order valence-corrected chi connectivity index (χ0v) is 11.9. The molecule has 0 unspecified atom stereocenters. The minimum Gasteiger partial charge on any atom is -0.361 e. The maximum Gasteiger partial charge on any atom is 0.178 e. The van der Waals surface area contributed by atoms with Gasteiger partial charge in [0.25, 0.3) is 0 Å². The zero-order valence-electron chi connectivity index (χ0n) is 11.1. The van der Waals surface area contributed by atoms with Crippen LogP contribution in [0.15, 0.2) is 24.3 Å². The molecule has 0 bridgehead atoms. The van der Waals surface area contributed by atoms with Gasteiger partial charge in [0, 0.05) is 9.75 Å². The molecule has 0 amide bonds. The number of thiophene rings is 1. The molecule has 0 radical (unpaired) electrons. The molecule has 1 N–H and O–H groups in total. The van der Waals surface area contributed by atoms with Crippen molar-refractivity contribution in [3.8, 4) is 0 Å². The molecule has 19 heavy (non-hydrogen) atoms. The molecule has 3 rings (SSSR count). The summed E-state index contributed by atoms with van der Waals surface area (Å²) in [6.45, 7) is 6.14. The third kappa shape index (κ3) is 2.31. The van der Waals surface area contributed by atoms with E-state index in [4.69, 9.17) is 0 Å². The van der Waals surface area contributed by atoms with Crippen LogP contribution in [0.25, 0.3) is 5.65 Å². The predicted molar refractivity (Wildman–Crippen MR) is 76.6 cm³/mol. The fourth-order valence-electron chi connectivity index (χ4n) is 1.95. The molecule has 0 fully saturated rings. The summed E-state index contributed by atoms with van der Waals surface area (Å²) >= 11 is 1.80. The van der Waals surface area contributed by atoms with E-state index in [1.54, 1.807) is 15.9 Å². The number of rotatable bonds is 3. The maximum absolute atomic E-state index is 4.49. The second-order valence-corrected chi connectivity index (χ2v) is 5.87. The van der Waals surface area contributed by atoms with Crippen LogP contribution in [0.5, 0.6) is 0 Å². The van der Waals surface area contributed by atoms with Gasteiger partial charge in [0.05, 0.1) is 6.04 Å². The van der Waals surface area contributed by atoms with Gasteiger partial charge in [-0.15, -0.1) is 26.6 Å². The van der Waals surface area contributed by atoms with Gasteiger partial charge in [-0.1, -0.05) is 0 Å². The Labute approximate surface area is 115 Å². The summed E-state index contributed by atoms with van der Waals surface area (Å²) < 4.78 is 1.74. The molecule has 98 valence electrons. The van der Waals surface area contributed by atoms with Crippen molar-refractivity contribution in [2.24, 2.45) is 0 Å². The number of hydrogen-bond acceptors (Lipinski definition) is 5. The SMILES string of the molecule is Cc1ccc([C@@H](C)Nc2ccc3nnc(C)n3n2)s1. The van der Waals surface area contributed by atoms with Crippen LogP contribution < -0.4 is 5.32 Å². The molecule has 5 nitrogen and oxygen atoms in total. The number of nitrogens with zero attached hydrogens (tertiary/aromatic N) is 4. The van der Waals surface area contributed by atoms with Gasteiger partial charge in [-0.05, 0) is 45.0 Å². The van der Waals surface area contributed by atoms with Gasteiger partial charge in [0.15, 0.2) is 11.5 Å². The molecule has 3 aromatic rings. The number of aromatic nitrogens is 4. The van der Waals surface area contributed by atoms with Crippen LogP contribution >= 0.6 is 11.3 Å². The van der Waals surface area contributed by atoms with Crippen molar-refractivity contribution in [1.82, 2.24) is 19.8 Å². The van der Waals surface area contributed by atoms with Gasteiger partial charge < -0.3 is 5.32 Å². The van der Waals surface area contributed by atoms with Crippen molar-refractivity contribution in [1.29, 1.82) is 0 Å². The van der Waals surface area contributed by atoms with Crippen LogP contribution in [0.3, 0.4) is 0 Å². The fraction of sp³-hybridized carbons (Fsp3) is 0.308. The Morgan fingerprint density at radius 3 is 2.74 bits per heavy atom. The Hall–Kier alpha value is -1.95. The molecule has 1 atom stereocenters. The summed E-state index contributed by atoms with van der Waals surface area (Å²) in [4.78, 5) is 2.63. The second-order valence-electron chi connectivity index (χ2n) is 4.55. The van der Waals surface area contributed by atoms with Gasteiger partial charge in [-0.3, -0.25) is 0 Å². The van der Waals surface area contributed by atoms with Crippen molar-refractivity contribution in [2.75, 3.05) is 5.32 Å². The average molecular weight is 273 g/mol. The summed E-state index contributed by atoms with van der Waals surface area (Å²) in [7, 11) is 0. The van der Waals surface area contributed by atoms with E-state index in [1.807, 2.05) is 19.1 Å². The van der Waals surface area contributed by atoms with E-state index < -0.39 is 0 Å². The van der Waals surface area contributed by atoms with Crippen LogP contribution in [0.1, 0.15) is 28.5 Å². The van der Waals surface area contributed by atoms with Crippen LogP contribution in [0.4, 0.5) is 5.82 Å². The Bertz CT molecular complexity index is 715. The van der Waals surface area contributed by atoms with E-state index in [-0.39, 0.29) is 6.04 Å². The van der Waals surface area contributed by atoms with E-state index in [2.05, 4.69) is 46.6 Å². The Kier molecular flexibility index (Phi) is 2.94. The van der Waals surface area contributed by atoms with Gasteiger partial charge in [0.2, 0.25) is 0 Å². The van der Waals surface area contributed by atoms with Crippen molar-refractivity contribution in [3.63, 3.8) is 0 Å². The molecule has 6 heteroatoms. The lowest BCUT2D eigenvalue weighted by molar-refractivity contribution is 0.838. The zero-order chi connectivity index (χ0) is 13.4. The quantitative estimate of drug-likeness (QED) is 0.797. The predicted octanol–water partition coefficient (Wildman–Crippen LogP) is 2.98. The molecule has 0 aliphatic heterocycles. The Morgan fingerprint density at radius 1 is 1.16 bits per heavy atom.